The van der Waals surface area contributed by atoms with Gasteiger partial charge in [-0.05, 0) is 57.0 Å². The van der Waals surface area contributed by atoms with E-state index in [1.54, 1.807) is 6.92 Å². The predicted octanol–water partition coefficient (Wildman–Crippen LogP) is 5.33. The van der Waals surface area contributed by atoms with Gasteiger partial charge in [0.25, 0.3) is 0 Å². The van der Waals surface area contributed by atoms with Crippen molar-refractivity contribution in [1.29, 1.82) is 0 Å². The molecule has 0 spiro atoms. The molecule has 2 aromatic heterocycles. The summed E-state index contributed by atoms with van der Waals surface area (Å²) in [6, 6.07) is 2.73. The number of benzene rings is 1. The van der Waals surface area contributed by atoms with Gasteiger partial charge >= 0.3 is 12.3 Å². The second-order valence-electron chi connectivity index (χ2n) is 5.46. The number of rotatable bonds is 3. The summed E-state index contributed by atoms with van der Waals surface area (Å²) in [4.78, 5) is 24.6. The van der Waals surface area contributed by atoms with Crippen molar-refractivity contribution >= 4 is 49.5 Å². The van der Waals surface area contributed by atoms with E-state index in [0.717, 1.165) is 23.1 Å². The van der Waals surface area contributed by atoms with Gasteiger partial charge in [0.15, 0.2) is 5.82 Å². The summed E-state index contributed by atoms with van der Waals surface area (Å²) in [6.45, 7) is 1.58. The van der Waals surface area contributed by atoms with Gasteiger partial charge in [-0.25, -0.2) is 19.7 Å². The summed E-state index contributed by atoms with van der Waals surface area (Å²) in [6.07, 6.45) is -2.23. The number of carboxylic acid groups (broad SMARTS) is 1. The number of hydrogen-bond acceptors (Lipinski definition) is 4. The maximum Gasteiger partial charge on any atom is 0.417 e. The lowest BCUT2D eigenvalue weighted by atomic mass is 10.1. The van der Waals surface area contributed by atoms with Crippen LogP contribution in [0.1, 0.15) is 11.4 Å². The highest BCUT2D eigenvalue weighted by atomic mass is 79.9. The Morgan fingerprint density at radius 2 is 1.96 bits per heavy atom. The van der Waals surface area contributed by atoms with Gasteiger partial charge in [-0.3, -0.25) is 9.55 Å². The second-order valence-corrected chi connectivity index (χ2v) is 6.96. The first-order valence-corrected chi connectivity index (χ1v) is 9.11. The van der Waals surface area contributed by atoms with Crippen LogP contribution in [0.15, 0.2) is 46.0 Å². The topological polar surface area (TPSA) is 84.1 Å². The van der Waals surface area contributed by atoms with Crippen LogP contribution in [0.4, 0.5) is 29.5 Å². The number of hydrogen-bond donors (Lipinski definition) is 1. The number of carbonyl (C=O) groups is 1. The van der Waals surface area contributed by atoms with Crippen LogP contribution in [0.3, 0.4) is 0 Å². The first kappa shape index (κ1) is 20.3. The Bertz CT molecular complexity index is 1040. The van der Waals surface area contributed by atoms with E-state index in [2.05, 4.69) is 46.8 Å². The van der Waals surface area contributed by atoms with Crippen molar-refractivity contribution in [3.63, 3.8) is 0 Å². The van der Waals surface area contributed by atoms with E-state index in [-0.39, 0.29) is 17.2 Å². The van der Waals surface area contributed by atoms with E-state index >= 15 is 0 Å². The third kappa shape index (κ3) is 3.74. The first-order chi connectivity index (χ1) is 13.1. The van der Waals surface area contributed by atoms with Crippen molar-refractivity contribution < 1.29 is 23.1 Å². The number of alkyl halides is 3. The summed E-state index contributed by atoms with van der Waals surface area (Å²) in [5, 5.41) is 9.71. The van der Waals surface area contributed by atoms with E-state index in [1.807, 2.05) is 0 Å². The summed E-state index contributed by atoms with van der Waals surface area (Å²) in [5.74, 6) is 0.271. The zero-order valence-electron chi connectivity index (χ0n) is 13.9. The van der Waals surface area contributed by atoms with Crippen LogP contribution < -0.4 is 4.90 Å². The summed E-state index contributed by atoms with van der Waals surface area (Å²) < 4.78 is 42.0. The maximum atomic E-state index is 13.3. The van der Waals surface area contributed by atoms with Crippen molar-refractivity contribution in [2.24, 2.45) is 0 Å². The molecular formula is C16H10Br2F3N5O2. The highest BCUT2D eigenvalue weighted by Gasteiger charge is 2.33. The van der Waals surface area contributed by atoms with Crippen LogP contribution in [0, 0.1) is 6.92 Å². The first-order valence-electron chi connectivity index (χ1n) is 7.52. The van der Waals surface area contributed by atoms with Crippen molar-refractivity contribution in [1.82, 2.24) is 19.5 Å². The Morgan fingerprint density at radius 1 is 1.25 bits per heavy atom. The van der Waals surface area contributed by atoms with Crippen LogP contribution in [0.25, 0.3) is 5.69 Å². The predicted molar refractivity (Wildman–Crippen MR) is 101 cm³/mol. The zero-order chi connectivity index (χ0) is 20.6. The van der Waals surface area contributed by atoms with Gasteiger partial charge in [0.1, 0.15) is 15.0 Å². The Hall–Kier alpha value is -2.47. The Morgan fingerprint density at radius 3 is 2.46 bits per heavy atom. The number of aromatic nitrogens is 4. The monoisotopic (exact) mass is 519 g/mol. The Balaban J connectivity index is 2.33. The van der Waals surface area contributed by atoms with E-state index < -0.39 is 17.8 Å². The van der Waals surface area contributed by atoms with E-state index in [9.17, 15) is 23.1 Å². The number of nitrogens with zero attached hydrogens (tertiary/aromatic N) is 5. The van der Waals surface area contributed by atoms with Gasteiger partial charge in [-0.1, -0.05) is 0 Å². The maximum absolute atomic E-state index is 13.3. The van der Waals surface area contributed by atoms with Gasteiger partial charge in [0, 0.05) is 12.4 Å². The fraction of sp³-hybridized carbons (Fsp3) is 0.125. The molecule has 3 aromatic rings. The molecule has 3 rings (SSSR count). The third-order valence-corrected chi connectivity index (χ3v) is 5.52. The number of anilines is 2. The van der Waals surface area contributed by atoms with E-state index in [4.69, 9.17) is 0 Å². The largest absolute Gasteiger partial charge is 0.464 e. The Labute approximate surface area is 173 Å². The molecule has 28 heavy (non-hydrogen) atoms. The smallest absolute Gasteiger partial charge is 0.417 e. The molecule has 0 radical (unpaired) electrons. The van der Waals surface area contributed by atoms with E-state index in [0.29, 0.717) is 15.0 Å². The standard InChI is InChI=1S/C16H10Br2F3N5O2/c1-8-24-13(17)14(18)25(8)11-6-9(16(19,20)21)2-3-10(11)26(15(27)28)12-7-22-4-5-23-12/h2-7H,1H3,(H,27,28). The molecule has 1 amide bonds. The number of aryl methyl sites for hydroxylation is 1. The number of halogens is 5. The van der Waals surface area contributed by atoms with Crippen LogP contribution in [0.2, 0.25) is 0 Å². The van der Waals surface area contributed by atoms with Crippen molar-refractivity contribution in [2.45, 2.75) is 13.1 Å². The minimum Gasteiger partial charge on any atom is -0.464 e. The molecule has 0 fully saturated rings. The van der Waals surface area contributed by atoms with Gasteiger partial charge in [-0.2, -0.15) is 13.2 Å². The molecule has 0 aliphatic heterocycles. The molecule has 2 heterocycles. The van der Waals surface area contributed by atoms with Gasteiger partial charge in [0.2, 0.25) is 0 Å². The molecule has 12 heteroatoms. The van der Waals surface area contributed by atoms with Gasteiger partial charge in [-0.15, -0.1) is 0 Å². The van der Waals surface area contributed by atoms with Crippen molar-refractivity contribution in [3.8, 4) is 5.69 Å². The minimum absolute atomic E-state index is 0.0466. The van der Waals surface area contributed by atoms with Crippen molar-refractivity contribution in [2.75, 3.05) is 4.90 Å². The lowest BCUT2D eigenvalue weighted by molar-refractivity contribution is -0.137. The molecule has 7 nitrogen and oxygen atoms in total. The highest BCUT2D eigenvalue weighted by Crippen LogP contribution is 2.39. The number of imidazole rings is 1. The molecule has 1 N–H and O–H groups in total. The molecule has 0 aliphatic rings. The molecule has 0 saturated heterocycles. The zero-order valence-corrected chi connectivity index (χ0v) is 17.1. The quantitative estimate of drug-likeness (QED) is 0.504. The number of amides is 1. The van der Waals surface area contributed by atoms with Crippen LogP contribution in [-0.2, 0) is 6.18 Å². The SMILES string of the molecule is Cc1nc(Br)c(Br)n1-c1cc(C(F)(F)F)ccc1N(C(=O)O)c1cnccn1. The van der Waals surface area contributed by atoms with Gasteiger partial charge in [0.05, 0.1) is 23.1 Å². The van der Waals surface area contributed by atoms with Crippen molar-refractivity contribution in [3.05, 3.63) is 57.4 Å². The van der Waals surface area contributed by atoms with E-state index in [1.165, 1.54) is 23.2 Å². The normalized spacial score (nSPS) is 11.5. The van der Waals surface area contributed by atoms with Crippen LogP contribution in [-0.4, -0.2) is 30.7 Å². The fourth-order valence-electron chi connectivity index (χ4n) is 2.55. The average Bonchev–Trinajstić information content (AvgIpc) is 2.87. The summed E-state index contributed by atoms with van der Waals surface area (Å²) >= 11 is 6.47. The minimum atomic E-state index is -4.62. The molecule has 146 valence electrons. The average molecular weight is 521 g/mol. The molecular weight excluding hydrogens is 511 g/mol. The summed E-state index contributed by atoms with van der Waals surface area (Å²) in [7, 11) is 0. The summed E-state index contributed by atoms with van der Waals surface area (Å²) in [5.41, 5.74) is -1.04. The highest BCUT2D eigenvalue weighted by molar-refractivity contribution is 9.13. The van der Waals surface area contributed by atoms with Crippen LogP contribution >= 0.6 is 31.9 Å². The Kier molecular flexibility index (Phi) is 5.44. The lowest BCUT2D eigenvalue weighted by Crippen LogP contribution is -2.26. The van der Waals surface area contributed by atoms with Gasteiger partial charge < -0.3 is 5.11 Å². The molecule has 0 atom stereocenters. The molecule has 0 unspecified atom stereocenters. The van der Waals surface area contributed by atoms with Crippen LogP contribution in [0.5, 0.6) is 0 Å². The molecule has 0 aliphatic carbocycles. The molecule has 0 saturated carbocycles. The molecule has 1 aromatic carbocycles. The fourth-order valence-corrected chi connectivity index (χ4v) is 3.52. The third-order valence-electron chi connectivity index (χ3n) is 3.70. The lowest BCUT2D eigenvalue weighted by Gasteiger charge is -2.23. The second kappa shape index (κ2) is 7.51. The molecule has 0 bridgehead atoms.